The van der Waals surface area contributed by atoms with Gasteiger partial charge in [0.05, 0.1) is 19.9 Å². The molecule has 1 aromatic rings. The van der Waals surface area contributed by atoms with Gasteiger partial charge in [-0.2, -0.15) is 5.10 Å². The average Bonchev–Trinajstić information content (AvgIpc) is 3.21. The highest BCUT2D eigenvalue weighted by molar-refractivity contribution is 5.86. The lowest BCUT2D eigenvalue weighted by atomic mass is 9.90. The number of hydrogen-bond donors (Lipinski definition) is 1. The van der Waals surface area contributed by atoms with Crippen molar-refractivity contribution in [3.63, 3.8) is 0 Å². The van der Waals surface area contributed by atoms with Crippen LogP contribution in [0.2, 0.25) is 0 Å². The van der Waals surface area contributed by atoms with E-state index in [1.807, 2.05) is 25.1 Å². The molecule has 3 atom stereocenters. The van der Waals surface area contributed by atoms with Gasteiger partial charge in [0.2, 0.25) is 5.91 Å². The summed E-state index contributed by atoms with van der Waals surface area (Å²) in [5.74, 6) is 2.10. The second kappa shape index (κ2) is 6.83. The fraction of sp³-hybridized carbons (Fsp3) is 0.579. The van der Waals surface area contributed by atoms with Crippen LogP contribution in [-0.4, -0.2) is 25.8 Å². The van der Waals surface area contributed by atoms with E-state index in [0.717, 1.165) is 12.0 Å². The fourth-order valence-corrected chi connectivity index (χ4v) is 4.13. The van der Waals surface area contributed by atoms with Crippen molar-refractivity contribution in [2.45, 2.75) is 39.5 Å². The standard InChI is InChI=1S/C19H26N2O3/c1-4-24-15-9-8-13(11-16(15)23-3)12-20-21-18(22)17-14-7-5-6-10-19(14,17)2/h8-9,11-12,14,17H,4-7,10H2,1-3H3,(H,21,22)/b20-12-/t14-,17-,19-/m0/s1. The first kappa shape index (κ1) is 16.8. The Kier molecular flexibility index (Phi) is 4.78. The molecular weight excluding hydrogens is 304 g/mol. The van der Waals surface area contributed by atoms with E-state index in [-0.39, 0.29) is 17.2 Å². The van der Waals surface area contributed by atoms with E-state index in [0.29, 0.717) is 24.0 Å². The molecule has 130 valence electrons. The maximum Gasteiger partial charge on any atom is 0.244 e. The Morgan fingerprint density at radius 2 is 2.25 bits per heavy atom. The van der Waals surface area contributed by atoms with Gasteiger partial charge < -0.3 is 9.47 Å². The van der Waals surface area contributed by atoms with Crippen LogP contribution in [0.15, 0.2) is 23.3 Å². The molecule has 0 aliphatic heterocycles. The van der Waals surface area contributed by atoms with Crippen molar-refractivity contribution in [2.24, 2.45) is 22.4 Å². The predicted molar refractivity (Wildman–Crippen MR) is 93.5 cm³/mol. The largest absolute Gasteiger partial charge is 0.493 e. The Morgan fingerprint density at radius 1 is 1.42 bits per heavy atom. The summed E-state index contributed by atoms with van der Waals surface area (Å²) in [5, 5.41) is 4.12. The van der Waals surface area contributed by atoms with Crippen molar-refractivity contribution in [1.82, 2.24) is 5.43 Å². The summed E-state index contributed by atoms with van der Waals surface area (Å²) in [5.41, 5.74) is 3.78. The molecule has 2 saturated carbocycles. The number of hydrogen-bond acceptors (Lipinski definition) is 4. The predicted octanol–water partition coefficient (Wildman–Crippen LogP) is 3.37. The lowest BCUT2D eigenvalue weighted by molar-refractivity contribution is -0.123. The van der Waals surface area contributed by atoms with Crippen molar-refractivity contribution < 1.29 is 14.3 Å². The molecule has 0 heterocycles. The normalized spacial score (nSPS) is 28.3. The lowest BCUT2D eigenvalue weighted by Gasteiger charge is -2.15. The minimum absolute atomic E-state index is 0.0542. The summed E-state index contributed by atoms with van der Waals surface area (Å²) < 4.78 is 10.8. The first-order valence-electron chi connectivity index (χ1n) is 8.74. The monoisotopic (exact) mass is 330 g/mol. The van der Waals surface area contributed by atoms with E-state index < -0.39 is 0 Å². The molecule has 0 spiro atoms. The highest BCUT2D eigenvalue weighted by Gasteiger charge is 2.64. The number of hydrazone groups is 1. The second-order valence-electron chi connectivity index (χ2n) is 6.91. The summed E-state index contributed by atoms with van der Waals surface area (Å²) in [6.45, 7) is 4.75. The first-order chi connectivity index (χ1) is 11.6. The van der Waals surface area contributed by atoms with E-state index in [9.17, 15) is 4.79 Å². The molecule has 2 aliphatic carbocycles. The Labute approximate surface area is 143 Å². The van der Waals surface area contributed by atoms with E-state index in [1.165, 1.54) is 19.3 Å². The van der Waals surface area contributed by atoms with Crippen LogP contribution in [0, 0.1) is 17.3 Å². The molecule has 1 aromatic carbocycles. The quantitative estimate of drug-likeness (QED) is 0.642. The van der Waals surface area contributed by atoms with Gasteiger partial charge in [0.25, 0.3) is 0 Å². The molecule has 0 unspecified atom stereocenters. The SMILES string of the molecule is CCOc1ccc(/C=N\NC(=O)[C@@H]2[C@@H]3CCCC[C@]23C)cc1OC. The van der Waals surface area contributed by atoms with Gasteiger partial charge in [0.1, 0.15) is 0 Å². The molecule has 3 rings (SSSR count). The molecule has 1 amide bonds. The Morgan fingerprint density at radius 3 is 2.92 bits per heavy atom. The molecule has 5 heteroatoms. The number of carbonyl (C=O) groups is 1. The van der Waals surface area contributed by atoms with Gasteiger partial charge in [0.15, 0.2) is 11.5 Å². The molecule has 0 aromatic heterocycles. The fourth-order valence-electron chi connectivity index (χ4n) is 4.13. The summed E-state index contributed by atoms with van der Waals surface area (Å²) in [6, 6.07) is 5.59. The molecule has 2 aliphatic rings. The van der Waals surface area contributed by atoms with Crippen LogP contribution in [0.1, 0.15) is 45.1 Å². The minimum Gasteiger partial charge on any atom is -0.493 e. The summed E-state index contributed by atoms with van der Waals surface area (Å²) >= 11 is 0. The zero-order valence-corrected chi connectivity index (χ0v) is 14.7. The topological polar surface area (TPSA) is 59.9 Å². The van der Waals surface area contributed by atoms with E-state index >= 15 is 0 Å². The number of rotatable bonds is 6. The lowest BCUT2D eigenvalue weighted by Crippen LogP contribution is -2.22. The average molecular weight is 330 g/mol. The van der Waals surface area contributed by atoms with Crippen LogP contribution in [-0.2, 0) is 4.79 Å². The molecule has 0 bridgehead atoms. The molecule has 24 heavy (non-hydrogen) atoms. The van der Waals surface area contributed by atoms with E-state index in [4.69, 9.17) is 9.47 Å². The molecule has 1 N–H and O–H groups in total. The smallest absolute Gasteiger partial charge is 0.244 e. The number of benzene rings is 1. The number of methoxy groups -OCH3 is 1. The molecular formula is C19H26N2O3. The zero-order chi connectivity index (χ0) is 17.2. The van der Waals surface area contributed by atoms with E-state index in [2.05, 4.69) is 17.5 Å². The van der Waals surface area contributed by atoms with Crippen molar-refractivity contribution in [3.05, 3.63) is 23.8 Å². The van der Waals surface area contributed by atoms with Crippen LogP contribution >= 0.6 is 0 Å². The first-order valence-corrected chi connectivity index (χ1v) is 8.74. The van der Waals surface area contributed by atoms with Crippen molar-refractivity contribution in [1.29, 1.82) is 0 Å². The van der Waals surface area contributed by atoms with Gasteiger partial charge in [-0.05, 0) is 54.9 Å². The molecule has 5 nitrogen and oxygen atoms in total. The van der Waals surface area contributed by atoms with Gasteiger partial charge in [-0.15, -0.1) is 0 Å². The van der Waals surface area contributed by atoms with Crippen LogP contribution in [0.3, 0.4) is 0 Å². The van der Waals surface area contributed by atoms with Crippen molar-refractivity contribution >= 4 is 12.1 Å². The number of carbonyl (C=O) groups excluding carboxylic acids is 1. The maximum absolute atomic E-state index is 12.4. The van der Waals surface area contributed by atoms with Crippen LogP contribution in [0.4, 0.5) is 0 Å². The van der Waals surface area contributed by atoms with Crippen LogP contribution < -0.4 is 14.9 Å². The second-order valence-corrected chi connectivity index (χ2v) is 6.91. The number of nitrogens with one attached hydrogen (secondary N) is 1. The minimum atomic E-state index is 0.0542. The van der Waals surface area contributed by atoms with Gasteiger partial charge in [0, 0.05) is 5.92 Å². The van der Waals surface area contributed by atoms with Crippen molar-refractivity contribution in [2.75, 3.05) is 13.7 Å². The van der Waals surface area contributed by atoms with Gasteiger partial charge >= 0.3 is 0 Å². The molecule has 0 radical (unpaired) electrons. The van der Waals surface area contributed by atoms with Gasteiger partial charge in [-0.3, -0.25) is 4.79 Å². The maximum atomic E-state index is 12.4. The van der Waals surface area contributed by atoms with Gasteiger partial charge in [-0.25, -0.2) is 5.43 Å². The third-order valence-corrected chi connectivity index (χ3v) is 5.49. The zero-order valence-electron chi connectivity index (χ0n) is 14.7. The Hall–Kier alpha value is -2.04. The number of amides is 1. The highest BCUT2D eigenvalue weighted by Crippen LogP contribution is 2.66. The van der Waals surface area contributed by atoms with Crippen LogP contribution in [0.5, 0.6) is 11.5 Å². The summed E-state index contributed by atoms with van der Waals surface area (Å²) in [6.07, 6.45) is 6.47. The van der Waals surface area contributed by atoms with E-state index in [1.54, 1.807) is 13.3 Å². The highest BCUT2D eigenvalue weighted by atomic mass is 16.5. The summed E-state index contributed by atoms with van der Waals surface area (Å²) in [4.78, 5) is 12.4. The van der Waals surface area contributed by atoms with Crippen LogP contribution in [0.25, 0.3) is 0 Å². The van der Waals surface area contributed by atoms with Gasteiger partial charge in [-0.1, -0.05) is 19.8 Å². The number of nitrogens with zero attached hydrogens (tertiary/aromatic N) is 1. The summed E-state index contributed by atoms with van der Waals surface area (Å²) in [7, 11) is 1.61. The third kappa shape index (κ3) is 3.12. The molecule has 0 saturated heterocycles. The molecule has 2 fully saturated rings. The Bertz CT molecular complexity index is 643. The van der Waals surface area contributed by atoms with Crippen molar-refractivity contribution in [3.8, 4) is 11.5 Å². The number of ether oxygens (including phenoxy) is 2. The third-order valence-electron chi connectivity index (χ3n) is 5.49. The number of fused-ring (bicyclic) bond motifs is 1. The Balaban J connectivity index is 1.59.